The fraction of sp³-hybridized carbons (Fsp3) is 0.600. The molecular weight excluding hydrogens is 376 g/mol. The molecule has 0 radical (unpaired) electrons. The van der Waals surface area contributed by atoms with Crippen molar-refractivity contribution in [2.24, 2.45) is 11.8 Å². The van der Waals surface area contributed by atoms with E-state index in [0.717, 1.165) is 5.69 Å². The summed E-state index contributed by atoms with van der Waals surface area (Å²) >= 11 is 0. The summed E-state index contributed by atoms with van der Waals surface area (Å²) in [5.41, 5.74) is 0.753. The maximum Gasteiger partial charge on any atom is 0.475 e. The highest BCUT2D eigenvalue weighted by molar-refractivity contribution is 6.43. The molecule has 1 aromatic carbocycles. The van der Waals surface area contributed by atoms with Crippen molar-refractivity contribution in [2.75, 3.05) is 11.4 Å². The molecule has 29 heavy (non-hydrogen) atoms. The Labute approximate surface area is 171 Å². The molecule has 3 atom stereocenters. The molecule has 0 aliphatic carbocycles. The lowest BCUT2D eigenvalue weighted by atomic mass is 9.75. The van der Waals surface area contributed by atoms with Gasteiger partial charge in [0.05, 0.1) is 5.94 Å². The Morgan fingerprint density at radius 3 is 2.24 bits per heavy atom. The zero-order chi connectivity index (χ0) is 21.7. The fourth-order valence-corrected chi connectivity index (χ4v) is 3.42. The van der Waals surface area contributed by atoms with E-state index in [1.807, 2.05) is 32.6 Å². The van der Waals surface area contributed by atoms with Crippen molar-refractivity contribution >= 4 is 24.6 Å². The molecule has 9 heteroatoms. The third-order valence-corrected chi connectivity index (χ3v) is 5.14. The van der Waals surface area contributed by atoms with Gasteiger partial charge in [0.15, 0.2) is 0 Å². The molecule has 1 fully saturated rings. The van der Waals surface area contributed by atoms with Crippen molar-refractivity contribution in [1.29, 1.82) is 0 Å². The molecule has 1 aliphatic heterocycles. The second kappa shape index (κ2) is 10.1. The van der Waals surface area contributed by atoms with Gasteiger partial charge in [-0.15, -0.1) is 0 Å². The molecule has 7 nitrogen and oxygen atoms in total. The second-order valence-corrected chi connectivity index (χ2v) is 8.36. The SMILES string of the molecule is CC(C)C[C@H](NC(=O)[C@@H](NC(=O)[C@@H]1CCN1c1ccc(F)cc1)C(C)C)B(O)O. The van der Waals surface area contributed by atoms with Gasteiger partial charge in [-0.05, 0) is 48.9 Å². The lowest BCUT2D eigenvalue weighted by molar-refractivity contribution is -0.131. The summed E-state index contributed by atoms with van der Waals surface area (Å²) in [6.45, 7) is 8.15. The summed E-state index contributed by atoms with van der Waals surface area (Å²) in [5, 5.41) is 24.5. The number of hydrogen-bond acceptors (Lipinski definition) is 5. The van der Waals surface area contributed by atoms with Crippen molar-refractivity contribution < 1.29 is 24.0 Å². The molecule has 0 spiro atoms. The largest absolute Gasteiger partial charge is 0.475 e. The standard InChI is InChI=1S/C20H31BFN3O4/c1-12(2)11-17(21(28)29)23-20(27)18(13(3)4)24-19(26)16-9-10-25(16)15-7-5-14(22)6-8-15/h5-8,12-13,16-18,28-29H,9-11H2,1-4H3,(H,23,27)(H,24,26)/t16-,17-,18-/m0/s1. The van der Waals surface area contributed by atoms with Crippen molar-refractivity contribution in [3.8, 4) is 0 Å². The lowest BCUT2D eigenvalue weighted by Gasteiger charge is -2.42. The van der Waals surface area contributed by atoms with Crippen LogP contribution in [0.3, 0.4) is 0 Å². The van der Waals surface area contributed by atoms with Gasteiger partial charge in [-0.3, -0.25) is 9.59 Å². The highest BCUT2D eigenvalue weighted by Gasteiger charge is 2.37. The zero-order valence-electron chi connectivity index (χ0n) is 17.4. The molecular formula is C20H31BFN3O4. The van der Waals surface area contributed by atoms with Gasteiger partial charge in [0.1, 0.15) is 17.9 Å². The summed E-state index contributed by atoms with van der Waals surface area (Å²) in [7, 11) is -1.68. The first-order valence-electron chi connectivity index (χ1n) is 10.1. The summed E-state index contributed by atoms with van der Waals surface area (Å²) in [6.07, 6.45) is 1.05. The Kier molecular flexibility index (Phi) is 8.04. The zero-order valence-corrected chi connectivity index (χ0v) is 17.4. The van der Waals surface area contributed by atoms with Crippen LogP contribution in [0.5, 0.6) is 0 Å². The molecule has 0 bridgehead atoms. The normalized spacial score (nSPS) is 18.2. The molecule has 160 valence electrons. The number of carbonyl (C=O) groups is 2. The van der Waals surface area contributed by atoms with Crippen LogP contribution in [0.2, 0.25) is 0 Å². The van der Waals surface area contributed by atoms with Crippen LogP contribution in [0.4, 0.5) is 10.1 Å². The predicted molar refractivity (Wildman–Crippen MR) is 110 cm³/mol. The highest BCUT2D eigenvalue weighted by Crippen LogP contribution is 2.27. The Morgan fingerprint density at radius 2 is 1.79 bits per heavy atom. The minimum absolute atomic E-state index is 0.161. The number of nitrogens with one attached hydrogen (secondary N) is 2. The third kappa shape index (κ3) is 6.17. The van der Waals surface area contributed by atoms with Crippen LogP contribution in [0, 0.1) is 17.7 Å². The second-order valence-electron chi connectivity index (χ2n) is 8.36. The Balaban J connectivity index is 2.02. The first kappa shape index (κ1) is 23.2. The summed E-state index contributed by atoms with van der Waals surface area (Å²) in [5.74, 6) is -1.89. The molecule has 1 aliphatic rings. The molecule has 1 heterocycles. The van der Waals surface area contributed by atoms with E-state index < -0.39 is 31.1 Å². The monoisotopic (exact) mass is 407 g/mol. The Morgan fingerprint density at radius 1 is 1.17 bits per heavy atom. The first-order chi connectivity index (χ1) is 13.6. The molecule has 4 N–H and O–H groups in total. The van der Waals surface area contributed by atoms with E-state index in [4.69, 9.17) is 0 Å². The van der Waals surface area contributed by atoms with Gasteiger partial charge in [0.25, 0.3) is 0 Å². The van der Waals surface area contributed by atoms with Gasteiger partial charge in [-0.1, -0.05) is 27.7 Å². The number of halogens is 1. The third-order valence-electron chi connectivity index (χ3n) is 5.14. The van der Waals surface area contributed by atoms with Gasteiger partial charge >= 0.3 is 7.12 Å². The summed E-state index contributed by atoms with van der Waals surface area (Å²) in [6, 6.07) is 4.72. The van der Waals surface area contributed by atoms with E-state index in [1.165, 1.54) is 12.1 Å². The van der Waals surface area contributed by atoms with Crippen LogP contribution in [0.15, 0.2) is 24.3 Å². The smallest absolute Gasteiger partial charge is 0.426 e. The molecule has 1 saturated heterocycles. The molecule has 2 rings (SSSR count). The van der Waals surface area contributed by atoms with Crippen molar-refractivity contribution in [3.05, 3.63) is 30.1 Å². The van der Waals surface area contributed by atoms with Crippen LogP contribution >= 0.6 is 0 Å². The number of benzene rings is 1. The quantitative estimate of drug-likeness (QED) is 0.459. The molecule has 2 amide bonds. The van der Waals surface area contributed by atoms with E-state index in [0.29, 0.717) is 19.4 Å². The fourth-order valence-electron chi connectivity index (χ4n) is 3.42. The van der Waals surface area contributed by atoms with Crippen LogP contribution < -0.4 is 15.5 Å². The number of rotatable bonds is 9. The number of nitrogens with zero attached hydrogens (tertiary/aromatic N) is 1. The maximum atomic E-state index is 13.1. The van der Waals surface area contributed by atoms with Crippen LogP contribution in [-0.4, -0.2) is 53.6 Å². The molecule has 1 aromatic rings. The number of amides is 2. The average molecular weight is 407 g/mol. The van der Waals surface area contributed by atoms with Crippen molar-refractivity contribution in [3.63, 3.8) is 0 Å². The van der Waals surface area contributed by atoms with Gasteiger partial charge in [0.2, 0.25) is 11.8 Å². The van der Waals surface area contributed by atoms with Crippen LogP contribution in [0.25, 0.3) is 0 Å². The van der Waals surface area contributed by atoms with Crippen LogP contribution in [-0.2, 0) is 9.59 Å². The van der Waals surface area contributed by atoms with E-state index in [9.17, 15) is 24.0 Å². The van der Waals surface area contributed by atoms with Gasteiger partial charge in [-0.25, -0.2) is 4.39 Å². The minimum Gasteiger partial charge on any atom is -0.426 e. The number of carbonyl (C=O) groups excluding carboxylic acids is 2. The highest BCUT2D eigenvalue weighted by atomic mass is 19.1. The molecule has 0 aromatic heterocycles. The van der Waals surface area contributed by atoms with E-state index in [2.05, 4.69) is 10.6 Å². The Hall–Kier alpha value is -2.13. The van der Waals surface area contributed by atoms with Crippen molar-refractivity contribution in [1.82, 2.24) is 10.6 Å². The predicted octanol–water partition coefficient (Wildman–Crippen LogP) is 1.09. The average Bonchev–Trinajstić information content (AvgIpc) is 2.59. The molecule has 0 unspecified atom stereocenters. The van der Waals surface area contributed by atoms with E-state index in [-0.39, 0.29) is 23.6 Å². The van der Waals surface area contributed by atoms with Gasteiger partial charge in [0, 0.05) is 12.2 Å². The van der Waals surface area contributed by atoms with Crippen molar-refractivity contribution in [2.45, 2.75) is 58.6 Å². The number of anilines is 1. The number of hydrogen-bond donors (Lipinski definition) is 4. The molecule has 0 saturated carbocycles. The first-order valence-corrected chi connectivity index (χ1v) is 10.1. The van der Waals surface area contributed by atoms with Gasteiger partial charge < -0.3 is 25.6 Å². The van der Waals surface area contributed by atoms with Crippen LogP contribution in [0.1, 0.15) is 40.5 Å². The van der Waals surface area contributed by atoms with E-state index >= 15 is 0 Å². The topological polar surface area (TPSA) is 102 Å². The van der Waals surface area contributed by atoms with E-state index in [1.54, 1.807) is 12.1 Å². The maximum absolute atomic E-state index is 13.1. The Bertz CT molecular complexity index is 699. The lowest BCUT2D eigenvalue weighted by Crippen LogP contribution is -2.61. The summed E-state index contributed by atoms with van der Waals surface area (Å²) < 4.78 is 13.1. The van der Waals surface area contributed by atoms with Gasteiger partial charge in [-0.2, -0.15) is 0 Å². The summed E-state index contributed by atoms with van der Waals surface area (Å²) in [4.78, 5) is 27.4. The minimum atomic E-state index is -1.68.